The Bertz CT molecular complexity index is 586. The van der Waals surface area contributed by atoms with Gasteiger partial charge in [-0.25, -0.2) is 13.1 Å². The van der Waals surface area contributed by atoms with Gasteiger partial charge in [0.2, 0.25) is 10.0 Å². The molecule has 0 aliphatic carbocycles. The smallest absolute Gasteiger partial charge is 0.241 e. The minimum atomic E-state index is -3.80. The van der Waals surface area contributed by atoms with Gasteiger partial charge in [0.15, 0.2) is 0 Å². The fraction of sp³-hybridized carbons (Fsp3) is 0.462. The summed E-state index contributed by atoms with van der Waals surface area (Å²) in [5, 5.41) is 18.9. The summed E-state index contributed by atoms with van der Waals surface area (Å²) in [7, 11) is -3.80. The lowest BCUT2D eigenvalue weighted by Gasteiger charge is -2.27. The van der Waals surface area contributed by atoms with Crippen molar-refractivity contribution < 1.29 is 13.5 Å². The second kappa shape index (κ2) is 5.70. The third-order valence-corrected chi connectivity index (χ3v) is 4.62. The maximum Gasteiger partial charge on any atom is 0.241 e. The van der Waals surface area contributed by atoms with E-state index >= 15 is 0 Å². The van der Waals surface area contributed by atoms with Gasteiger partial charge in [0.05, 0.1) is 16.1 Å². The van der Waals surface area contributed by atoms with Crippen molar-refractivity contribution in [2.24, 2.45) is 5.92 Å². The molecule has 0 aliphatic rings. The van der Waals surface area contributed by atoms with Crippen molar-refractivity contribution in [3.8, 4) is 6.07 Å². The predicted molar refractivity (Wildman–Crippen MR) is 71.8 cm³/mol. The van der Waals surface area contributed by atoms with Gasteiger partial charge in [-0.15, -0.1) is 0 Å². The first-order valence-electron chi connectivity index (χ1n) is 5.92. The molecule has 2 N–H and O–H groups in total. The molecule has 0 saturated carbocycles. The van der Waals surface area contributed by atoms with E-state index in [4.69, 9.17) is 5.26 Å². The number of benzene rings is 1. The van der Waals surface area contributed by atoms with Crippen LogP contribution in [-0.2, 0) is 10.0 Å². The fourth-order valence-corrected chi connectivity index (χ4v) is 2.62. The van der Waals surface area contributed by atoms with Crippen molar-refractivity contribution >= 4 is 10.0 Å². The number of nitrogens with zero attached hydrogens (tertiary/aromatic N) is 1. The van der Waals surface area contributed by atoms with Crippen molar-refractivity contribution in [1.82, 2.24) is 4.72 Å². The Kier molecular flexibility index (Phi) is 4.69. The van der Waals surface area contributed by atoms with E-state index in [2.05, 4.69) is 4.72 Å². The lowest BCUT2D eigenvalue weighted by molar-refractivity contribution is 0.0190. The van der Waals surface area contributed by atoms with Crippen LogP contribution in [0.15, 0.2) is 29.2 Å². The van der Waals surface area contributed by atoms with Crippen LogP contribution in [0.4, 0.5) is 0 Å². The molecule has 104 valence electrons. The second-order valence-electron chi connectivity index (χ2n) is 4.94. The maximum atomic E-state index is 12.1. The Morgan fingerprint density at radius 2 is 2.00 bits per heavy atom. The van der Waals surface area contributed by atoms with Gasteiger partial charge in [0.1, 0.15) is 6.07 Å². The molecule has 0 fully saturated rings. The van der Waals surface area contributed by atoms with Crippen molar-refractivity contribution in [2.75, 3.05) is 6.54 Å². The van der Waals surface area contributed by atoms with Gasteiger partial charge in [0.25, 0.3) is 0 Å². The zero-order valence-corrected chi connectivity index (χ0v) is 12.0. The third kappa shape index (κ3) is 3.77. The molecular formula is C13H18N2O3S. The summed E-state index contributed by atoms with van der Waals surface area (Å²) in [6.45, 7) is 5.07. The molecule has 0 radical (unpaired) electrons. The molecule has 5 nitrogen and oxygen atoms in total. The Hall–Kier alpha value is -1.42. The van der Waals surface area contributed by atoms with Gasteiger partial charge in [-0.2, -0.15) is 5.26 Å². The first-order valence-corrected chi connectivity index (χ1v) is 7.40. The number of rotatable bonds is 5. The van der Waals surface area contributed by atoms with Crippen LogP contribution in [0.2, 0.25) is 0 Å². The zero-order valence-electron chi connectivity index (χ0n) is 11.2. The first kappa shape index (κ1) is 15.6. The molecule has 1 rings (SSSR count). The van der Waals surface area contributed by atoms with Crippen LogP contribution in [0.1, 0.15) is 26.3 Å². The van der Waals surface area contributed by atoms with E-state index in [1.54, 1.807) is 32.9 Å². The summed E-state index contributed by atoms with van der Waals surface area (Å²) in [5.74, 6) is -0.0959. The highest BCUT2D eigenvalue weighted by Crippen LogP contribution is 2.18. The van der Waals surface area contributed by atoms with Crippen LogP contribution in [0.5, 0.6) is 0 Å². The van der Waals surface area contributed by atoms with Gasteiger partial charge in [-0.1, -0.05) is 26.0 Å². The monoisotopic (exact) mass is 282 g/mol. The van der Waals surface area contributed by atoms with E-state index in [-0.39, 0.29) is 22.9 Å². The molecule has 1 aromatic rings. The molecule has 0 amide bonds. The third-order valence-electron chi connectivity index (χ3n) is 3.16. The van der Waals surface area contributed by atoms with Crippen LogP contribution in [0, 0.1) is 17.2 Å². The Balaban J connectivity index is 2.98. The van der Waals surface area contributed by atoms with Crippen molar-refractivity contribution in [3.05, 3.63) is 29.8 Å². The quantitative estimate of drug-likeness (QED) is 0.850. The number of aliphatic hydroxyl groups is 1. The van der Waals surface area contributed by atoms with Crippen LogP contribution in [-0.4, -0.2) is 25.7 Å². The summed E-state index contributed by atoms with van der Waals surface area (Å²) in [4.78, 5) is -0.0722. The van der Waals surface area contributed by atoms with Gasteiger partial charge < -0.3 is 5.11 Å². The summed E-state index contributed by atoms with van der Waals surface area (Å²) < 4.78 is 26.6. The molecule has 0 bridgehead atoms. The van der Waals surface area contributed by atoms with Crippen LogP contribution >= 0.6 is 0 Å². The largest absolute Gasteiger partial charge is 0.389 e. The molecular weight excluding hydrogens is 264 g/mol. The topological polar surface area (TPSA) is 90.2 Å². The summed E-state index contributed by atoms with van der Waals surface area (Å²) >= 11 is 0. The van der Waals surface area contributed by atoms with Crippen LogP contribution in [0.3, 0.4) is 0 Å². The maximum absolute atomic E-state index is 12.1. The lowest BCUT2D eigenvalue weighted by atomic mass is 9.93. The molecule has 6 heteroatoms. The SMILES string of the molecule is CC(C)C(C)(O)CNS(=O)(=O)c1ccccc1C#N. The highest BCUT2D eigenvalue weighted by Gasteiger charge is 2.28. The minimum absolute atomic E-state index is 0.0722. The van der Waals surface area contributed by atoms with Crippen molar-refractivity contribution in [2.45, 2.75) is 31.3 Å². The average Bonchev–Trinajstić information content (AvgIpc) is 2.36. The van der Waals surface area contributed by atoms with Crippen molar-refractivity contribution in [3.63, 3.8) is 0 Å². The number of nitriles is 1. The van der Waals surface area contributed by atoms with E-state index in [1.807, 2.05) is 6.07 Å². The Morgan fingerprint density at radius 1 is 1.42 bits per heavy atom. The Morgan fingerprint density at radius 3 is 2.53 bits per heavy atom. The molecule has 1 unspecified atom stereocenters. The summed E-state index contributed by atoms with van der Waals surface area (Å²) in [6.07, 6.45) is 0. The summed E-state index contributed by atoms with van der Waals surface area (Å²) in [6, 6.07) is 7.80. The van der Waals surface area contributed by atoms with Crippen LogP contribution in [0.25, 0.3) is 0 Å². The number of sulfonamides is 1. The number of hydrogen-bond acceptors (Lipinski definition) is 4. The first-order chi connectivity index (χ1) is 8.70. The lowest BCUT2D eigenvalue weighted by Crippen LogP contribution is -2.44. The van der Waals surface area contributed by atoms with E-state index in [9.17, 15) is 13.5 Å². The van der Waals surface area contributed by atoms with E-state index < -0.39 is 15.6 Å². The van der Waals surface area contributed by atoms with E-state index in [1.165, 1.54) is 12.1 Å². The van der Waals surface area contributed by atoms with E-state index in [0.29, 0.717) is 0 Å². The molecule has 0 aromatic heterocycles. The molecule has 1 aromatic carbocycles. The molecule has 0 aliphatic heterocycles. The van der Waals surface area contributed by atoms with Gasteiger partial charge >= 0.3 is 0 Å². The van der Waals surface area contributed by atoms with E-state index in [0.717, 1.165) is 0 Å². The van der Waals surface area contributed by atoms with Crippen LogP contribution < -0.4 is 4.72 Å². The standard InChI is InChI=1S/C13H18N2O3S/c1-10(2)13(3,16)9-15-19(17,18)12-7-5-4-6-11(12)8-14/h4-7,10,15-16H,9H2,1-3H3. The van der Waals surface area contributed by atoms with Gasteiger partial charge in [0, 0.05) is 6.54 Å². The molecule has 19 heavy (non-hydrogen) atoms. The Labute approximate surface area is 113 Å². The van der Waals surface area contributed by atoms with Gasteiger partial charge in [-0.3, -0.25) is 0 Å². The highest BCUT2D eigenvalue weighted by atomic mass is 32.2. The molecule has 0 heterocycles. The normalized spacial score (nSPS) is 14.9. The predicted octanol–water partition coefficient (Wildman–Crippen LogP) is 1.24. The fourth-order valence-electron chi connectivity index (χ4n) is 1.32. The highest BCUT2D eigenvalue weighted by molar-refractivity contribution is 7.89. The number of nitrogens with one attached hydrogen (secondary N) is 1. The van der Waals surface area contributed by atoms with Gasteiger partial charge in [-0.05, 0) is 25.0 Å². The molecule has 0 saturated heterocycles. The second-order valence-corrected chi connectivity index (χ2v) is 6.68. The number of hydrogen-bond donors (Lipinski definition) is 2. The molecule has 1 atom stereocenters. The summed E-state index contributed by atoms with van der Waals surface area (Å²) in [5.41, 5.74) is -1.06. The zero-order chi connectivity index (χ0) is 14.7. The average molecular weight is 282 g/mol. The van der Waals surface area contributed by atoms with Crippen molar-refractivity contribution in [1.29, 1.82) is 5.26 Å². The molecule has 0 spiro atoms. The minimum Gasteiger partial charge on any atom is -0.389 e.